The largest absolute Gasteiger partial charge is 0.479 e. The molecule has 4 heteroatoms. The van der Waals surface area contributed by atoms with Gasteiger partial charge in [-0.25, -0.2) is 4.79 Å². The maximum atomic E-state index is 9.87. The smallest absolute Gasteiger partial charge is 0.332 e. The Hall–Kier alpha value is -0.610. The summed E-state index contributed by atoms with van der Waals surface area (Å²) in [6, 6.07) is 0. The highest BCUT2D eigenvalue weighted by Gasteiger charge is 2.10. The summed E-state index contributed by atoms with van der Waals surface area (Å²) in [4.78, 5) is 9.87. The number of hydrogen-bond acceptors (Lipinski definition) is 3. The van der Waals surface area contributed by atoms with Gasteiger partial charge in [0.1, 0.15) is 0 Å². The molecule has 1 atom stereocenters. The first kappa shape index (κ1) is 8.39. The Labute approximate surface area is 52.7 Å². The van der Waals surface area contributed by atoms with Crippen LogP contribution in [0.4, 0.5) is 0 Å². The maximum absolute atomic E-state index is 9.87. The summed E-state index contributed by atoms with van der Waals surface area (Å²) in [5.74, 6) is -1.23. The van der Waals surface area contributed by atoms with Crippen LogP contribution < -0.4 is 0 Å². The van der Waals surface area contributed by atoms with Crippen molar-refractivity contribution in [2.45, 2.75) is 18.9 Å². The molecule has 1 unspecified atom stereocenters. The Balaban J connectivity index is 3.27. The van der Waals surface area contributed by atoms with Crippen molar-refractivity contribution in [3.63, 3.8) is 0 Å². The van der Waals surface area contributed by atoms with E-state index in [-0.39, 0.29) is 13.0 Å². The van der Waals surface area contributed by atoms with Crippen LogP contribution in [-0.4, -0.2) is 34.0 Å². The fraction of sp³-hybridized carbons (Fsp3) is 0.800. The number of carboxylic acid groups (broad SMARTS) is 1. The van der Waals surface area contributed by atoms with Crippen LogP contribution in [0.3, 0.4) is 0 Å². The van der Waals surface area contributed by atoms with Gasteiger partial charge in [-0.2, -0.15) is 0 Å². The summed E-state index contributed by atoms with van der Waals surface area (Å²) in [6.07, 6.45) is -0.878. The standard InChI is InChI=1S/C5H10O4/c6-3-1-2-4(7)5(8)9/h4,6-7H,1-3H2,(H,8,9). The Kier molecular flexibility index (Phi) is 4.00. The highest BCUT2D eigenvalue weighted by Crippen LogP contribution is 1.94. The van der Waals surface area contributed by atoms with Crippen molar-refractivity contribution in [3.05, 3.63) is 0 Å². The lowest BCUT2D eigenvalue weighted by atomic mass is 10.2. The van der Waals surface area contributed by atoms with Crippen LogP contribution in [0.2, 0.25) is 0 Å². The van der Waals surface area contributed by atoms with Crippen molar-refractivity contribution in [3.8, 4) is 0 Å². The first-order valence-corrected chi connectivity index (χ1v) is 2.70. The quantitative estimate of drug-likeness (QED) is 0.470. The molecule has 0 aromatic carbocycles. The Morgan fingerprint density at radius 2 is 2.11 bits per heavy atom. The summed E-state index contributed by atoms with van der Waals surface area (Å²) in [5, 5.41) is 24.8. The van der Waals surface area contributed by atoms with Gasteiger partial charge in [0.2, 0.25) is 0 Å². The lowest BCUT2D eigenvalue weighted by Gasteiger charge is -2.00. The van der Waals surface area contributed by atoms with E-state index in [1.807, 2.05) is 0 Å². The minimum absolute atomic E-state index is 0.0790. The van der Waals surface area contributed by atoms with Crippen molar-refractivity contribution < 1.29 is 20.1 Å². The maximum Gasteiger partial charge on any atom is 0.332 e. The molecule has 0 aliphatic rings. The first-order chi connectivity index (χ1) is 4.18. The highest BCUT2D eigenvalue weighted by atomic mass is 16.4. The van der Waals surface area contributed by atoms with Crippen LogP contribution in [0.25, 0.3) is 0 Å². The van der Waals surface area contributed by atoms with E-state index in [9.17, 15) is 4.79 Å². The van der Waals surface area contributed by atoms with E-state index in [0.29, 0.717) is 6.42 Å². The van der Waals surface area contributed by atoms with E-state index in [1.165, 1.54) is 0 Å². The number of aliphatic hydroxyl groups is 2. The molecule has 9 heavy (non-hydrogen) atoms. The molecular formula is C5H10O4. The Bertz CT molecular complexity index is 91.0. The zero-order valence-corrected chi connectivity index (χ0v) is 4.95. The van der Waals surface area contributed by atoms with Crippen LogP contribution in [0.5, 0.6) is 0 Å². The molecule has 0 aromatic heterocycles. The second-order valence-electron chi connectivity index (χ2n) is 1.72. The van der Waals surface area contributed by atoms with Gasteiger partial charge in [-0.1, -0.05) is 0 Å². The topological polar surface area (TPSA) is 77.8 Å². The van der Waals surface area contributed by atoms with E-state index in [0.717, 1.165) is 0 Å². The molecule has 54 valence electrons. The summed E-state index contributed by atoms with van der Waals surface area (Å²) in [7, 11) is 0. The van der Waals surface area contributed by atoms with Crippen LogP contribution in [0, 0.1) is 0 Å². The zero-order valence-electron chi connectivity index (χ0n) is 4.95. The third-order valence-electron chi connectivity index (χ3n) is 0.921. The number of carbonyl (C=O) groups is 1. The predicted octanol–water partition coefficient (Wildman–Crippen LogP) is -0.796. The van der Waals surface area contributed by atoms with Crippen LogP contribution in [0.15, 0.2) is 0 Å². The molecule has 3 N–H and O–H groups in total. The average molecular weight is 134 g/mol. The van der Waals surface area contributed by atoms with Gasteiger partial charge in [0, 0.05) is 6.61 Å². The number of carboxylic acids is 1. The second-order valence-corrected chi connectivity index (χ2v) is 1.72. The van der Waals surface area contributed by atoms with Gasteiger partial charge in [-0.15, -0.1) is 0 Å². The minimum Gasteiger partial charge on any atom is -0.479 e. The molecule has 0 aromatic rings. The Morgan fingerprint density at radius 1 is 1.56 bits per heavy atom. The molecule has 0 aliphatic carbocycles. The van der Waals surface area contributed by atoms with E-state index >= 15 is 0 Å². The fourth-order valence-electron chi connectivity index (χ4n) is 0.408. The summed E-state index contributed by atoms with van der Waals surface area (Å²) < 4.78 is 0. The van der Waals surface area contributed by atoms with Gasteiger partial charge < -0.3 is 15.3 Å². The van der Waals surface area contributed by atoms with Gasteiger partial charge in [0.15, 0.2) is 6.10 Å². The minimum atomic E-state index is -1.32. The molecule has 0 fully saturated rings. The summed E-state index contributed by atoms with van der Waals surface area (Å²) in [6.45, 7) is -0.0790. The molecule has 4 nitrogen and oxygen atoms in total. The van der Waals surface area contributed by atoms with Gasteiger partial charge >= 0.3 is 5.97 Å². The SMILES string of the molecule is O=C(O)C(O)CCCO. The van der Waals surface area contributed by atoms with Crippen molar-refractivity contribution in [2.24, 2.45) is 0 Å². The van der Waals surface area contributed by atoms with E-state index in [4.69, 9.17) is 15.3 Å². The molecule has 0 aliphatic heterocycles. The zero-order chi connectivity index (χ0) is 7.28. The molecule has 0 radical (unpaired) electrons. The molecule has 0 amide bonds. The van der Waals surface area contributed by atoms with Gasteiger partial charge in [0.05, 0.1) is 0 Å². The monoisotopic (exact) mass is 134 g/mol. The second kappa shape index (κ2) is 4.29. The van der Waals surface area contributed by atoms with Crippen molar-refractivity contribution in [2.75, 3.05) is 6.61 Å². The molecule has 0 saturated carbocycles. The van der Waals surface area contributed by atoms with Gasteiger partial charge in [0.25, 0.3) is 0 Å². The lowest BCUT2D eigenvalue weighted by molar-refractivity contribution is -0.147. The normalized spacial score (nSPS) is 13.1. The van der Waals surface area contributed by atoms with Gasteiger partial charge in [-0.05, 0) is 12.8 Å². The van der Waals surface area contributed by atoms with Gasteiger partial charge in [-0.3, -0.25) is 0 Å². The molecule has 0 spiro atoms. The molecule has 0 saturated heterocycles. The Morgan fingerprint density at radius 3 is 2.44 bits per heavy atom. The third kappa shape index (κ3) is 3.93. The van der Waals surface area contributed by atoms with E-state index in [2.05, 4.69) is 0 Å². The first-order valence-electron chi connectivity index (χ1n) is 2.70. The average Bonchev–Trinajstić information content (AvgIpc) is 1.82. The fourth-order valence-corrected chi connectivity index (χ4v) is 0.408. The van der Waals surface area contributed by atoms with Crippen molar-refractivity contribution in [1.82, 2.24) is 0 Å². The van der Waals surface area contributed by atoms with Crippen LogP contribution in [-0.2, 0) is 4.79 Å². The predicted molar refractivity (Wildman–Crippen MR) is 30.0 cm³/mol. The number of aliphatic carboxylic acids is 1. The summed E-state index contributed by atoms with van der Waals surface area (Å²) in [5.41, 5.74) is 0. The molecule has 0 heterocycles. The van der Waals surface area contributed by atoms with E-state index in [1.54, 1.807) is 0 Å². The van der Waals surface area contributed by atoms with Crippen LogP contribution in [0.1, 0.15) is 12.8 Å². The molecule has 0 bridgehead atoms. The third-order valence-corrected chi connectivity index (χ3v) is 0.921. The van der Waals surface area contributed by atoms with Crippen LogP contribution >= 0.6 is 0 Å². The van der Waals surface area contributed by atoms with E-state index < -0.39 is 12.1 Å². The highest BCUT2D eigenvalue weighted by molar-refractivity contribution is 5.71. The number of aliphatic hydroxyl groups excluding tert-OH is 2. The lowest BCUT2D eigenvalue weighted by Crippen LogP contribution is -2.19. The number of hydrogen-bond donors (Lipinski definition) is 3. The van der Waals surface area contributed by atoms with Crippen molar-refractivity contribution >= 4 is 5.97 Å². The number of rotatable bonds is 4. The summed E-state index contributed by atoms with van der Waals surface area (Å²) >= 11 is 0. The van der Waals surface area contributed by atoms with Crippen molar-refractivity contribution in [1.29, 1.82) is 0 Å². The molecule has 0 rings (SSSR count). The molecular weight excluding hydrogens is 124 g/mol.